The normalized spacial score (nSPS) is 8.89. The zero-order valence-electron chi connectivity index (χ0n) is 4.99. The Balaban J connectivity index is 2.89. The van der Waals surface area contributed by atoms with Crippen LogP contribution in [-0.4, -0.2) is 15.0 Å². The van der Waals surface area contributed by atoms with Gasteiger partial charge < -0.3 is 0 Å². The van der Waals surface area contributed by atoms with Gasteiger partial charge >= 0.3 is 0 Å². The van der Waals surface area contributed by atoms with Crippen molar-refractivity contribution in [2.24, 2.45) is 0 Å². The summed E-state index contributed by atoms with van der Waals surface area (Å²) < 4.78 is 0. The Morgan fingerprint density at radius 1 is 1.44 bits per heavy atom. The number of nitrogens with zero attached hydrogens (tertiary/aromatic N) is 3. The molecule has 9 heavy (non-hydrogen) atoms. The molecule has 0 radical (unpaired) electrons. The number of hydrogen-bond donors (Lipinski definition) is 0. The second-order valence-electron chi connectivity index (χ2n) is 1.51. The third-order valence-corrected chi connectivity index (χ3v) is 0.911. The molecule has 0 aliphatic rings. The topological polar surface area (TPSA) is 30.7 Å². The molecule has 0 bridgehead atoms. The first-order valence-electron chi connectivity index (χ1n) is 2.52. The Morgan fingerprint density at radius 2 is 2.00 bits per heavy atom. The fourth-order valence-electron chi connectivity index (χ4n) is 0.446. The van der Waals surface area contributed by atoms with Crippen LogP contribution in [0.1, 0.15) is 0 Å². The first kappa shape index (κ1) is 5.75. The van der Waals surface area contributed by atoms with Gasteiger partial charge in [0.1, 0.15) is 0 Å². The van der Waals surface area contributed by atoms with Crippen molar-refractivity contribution in [3.05, 3.63) is 31.6 Å². The van der Waals surface area contributed by atoms with Crippen molar-refractivity contribution in [1.82, 2.24) is 15.0 Å². The summed E-state index contributed by atoms with van der Waals surface area (Å²) in [6.07, 6.45) is 4.78. The van der Waals surface area contributed by atoms with Crippen molar-refractivity contribution in [2.75, 3.05) is 0 Å². The molecule has 0 N–H and O–H groups in total. The lowest BCUT2D eigenvalue weighted by atomic mass is 10.5. The van der Waals surface area contributed by atoms with Crippen LogP contribution in [0.3, 0.4) is 0 Å². The molecule has 0 spiro atoms. The Kier molecular flexibility index (Phi) is 1.44. The third-order valence-electron chi connectivity index (χ3n) is 0.911. The van der Waals surface area contributed by atoms with Gasteiger partial charge in [-0.3, -0.25) is 0 Å². The van der Waals surface area contributed by atoms with Gasteiger partial charge in [0, 0.05) is 0 Å². The zero-order valence-corrected chi connectivity index (χ0v) is 4.99. The molecular formula is C6H7N3. The molecule has 0 saturated heterocycles. The number of rotatable bonds is 2. The number of aromatic nitrogens is 3. The lowest BCUT2D eigenvalue weighted by Gasteiger charge is -1.92. The van der Waals surface area contributed by atoms with Crippen molar-refractivity contribution in [3.8, 4) is 0 Å². The van der Waals surface area contributed by atoms with Gasteiger partial charge in [-0.25, -0.2) is 0 Å². The molecule has 0 aromatic carbocycles. The number of allylic oxidation sites excluding steroid dienone is 2. The fourth-order valence-corrected chi connectivity index (χ4v) is 0.446. The third kappa shape index (κ3) is 1.05. The number of hydrogen-bond acceptors (Lipinski definition) is 2. The van der Waals surface area contributed by atoms with E-state index in [1.807, 2.05) is 0 Å². The lowest BCUT2D eigenvalue weighted by molar-refractivity contribution is 0.778. The SMILES string of the molecule is C=CC(=C)n1nccn1. The van der Waals surface area contributed by atoms with E-state index in [1.165, 1.54) is 4.80 Å². The van der Waals surface area contributed by atoms with E-state index in [0.29, 0.717) is 5.70 Å². The predicted molar refractivity (Wildman–Crippen MR) is 35.5 cm³/mol. The average Bonchev–Trinajstić information content (AvgIpc) is 2.37. The van der Waals surface area contributed by atoms with Crippen molar-refractivity contribution in [3.63, 3.8) is 0 Å². The molecule has 46 valence electrons. The Labute approximate surface area is 53.3 Å². The van der Waals surface area contributed by atoms with Crippen LogP contribution in [-0.2, 0) is 0 Å². The summed E-state index contributed by atoms with van der Waals surface area (Å²) in [5.74, 6) is 0. The first-order valence-corrected chi connectivity index (χ1v) is 2.52. The van der Waals surface area contributed by atoms with E-state index in [9.17, 15) is 0 Å². The van der Waals surface area contributed by atoms with Crippen molar-refractivity contribution < 1.29 is 0 Å². The summed E-state index contributed by atoms with van der Waals surface area (Å²) in [7, 11) is 0. The second kappa shape index (κ2) is 2.26. The van der Waals surface area contributed by atoms with Crippen LogP contribution < -0.4 is 0 Å². The van der Waals surface area contributed by atoms with E-state index in [0.717, 1.165) is 0 Å². The molecule has 0 saturated carbocycles. The molecule has 3 heteroatoms. The predicted octanol–water partition coefficient (Wildman–Crippen LogP) is 0.935. The quantitative estimate of drug-likeness (QED) is 0.545. The molecule has 0 aliphatic heterocycles. The highest BCUT2D eigenvalue weighted by Gasteiger charge is 1.88. The van der Waals surface area contributed by atoms with E-state index in [4.69, 9.17) is 0 Å². The van der Waals surface area contributed by atoms with Crippen molar-refractivity contribution in [1.29, 1.82) is 0 Å². The molecular weight excluding hydrogens is 114 g/mol. The average molecular weight is 121 g/mol. The maximum atomic E-state index is 3.82. The maximum absolute atomic E-state index is 3.82. The Hall–Kier alpha value is -1.38. The highest BCUT2D eigenvalue weighted by Crippen LogP contribution is 1.93. The van der Waals surface area contributed by atoms with Gasteiger partial charge in [0.15, 0.2) is 0 Å². The van der Waals surface area contributed by atoms with Gasteiger partial charge in [0.05, 0.1) is 18.1 Å². The lowest BCUT2D eigenvalue weighted by Crippen LogP contribution is -1.96. The van der Waals surface area contributed by atoms with Crippen LogP contribution in [0.2, 0.25) is 0 Å². The van der Waals surface area contributed by atoms with Gasteiger partial charge in [-0.15, -0.1) is 0 Å². The Bertz CT molecular complexity index is 210. The first-order chi connectivity index (χ1) is 4.34. The van der Waals surface area contributed by atoms with Crippen LogP contribution in [0, 0.1) is 0 Å². The molecule has 1 heterocycles. The minimum absolute atomic E-state index is 0.681. The van der Waals surface area contributed by atoms with Crippen LogP contribution in [0.25, 0.3) is 5.70 Å². The molecule has 3 nitrogen and oxygen atoms in total. The zero-order chi connectivity index (χ0) is 6.69. The molecule has 0 atom stereocenters. The summed E-state index contributed by atoms with van der Waals surface area (Å²) in [6, 6.07) is 0. The van der Waals surface area contributed by atoms with Crippen LogP contribution >= 0.6 is 0 Å². The highest BCUT2D eigenvalue weighted by atomic mass is 15.5. The summed E-state index contributed by atoms with van der Waals surface area (Å²) >= 11 is 0. The summed E-state index contributed by atoms with van der Waals surface area (Å²) in [5.41, 5.74) is 0.681. The molecule has 0 amide bonds. The largest absolute Gasteiger partial charge is 0.157 e. The van der Waals surface area contributed by atoms with Crippen LogP contribution in [0.4, 0.5) is 0 Å². The Morgan fingerprint density at radius 3 is 2.44 bits per heavy atom. The van der Waals surface area contributed by atoms with Crippen LogP contribution in [0.15, 0.2) is 31.6 Å². The van der Waals surface area contributed by atoms with Gasteiger partial charge in [0.25, 0.3) is 0 Å². The smallest absolute Gasteiger partial charge is 0.0779 e. The minimum atomic E-state index is 0.681. The van der Waals surface area contributed by atoms with Crippen molar-refractivity contribution in [2.45, 2.75) is 0 Å². The molecule has 1 rings (SSSR count). The second-order valence-corrected chi connectivity index (χ2v) is 1.51. The standard InChI is InChI=1S/C6H7N3/c1-3-6(2)9-7-4-5-8-9/h3-5H,1-2H2. The van der Waals surface area contributed by atoms with Gasteiger partial charge in [-0.1, -0.05) is 13.2 Å². The monoisotopic (exact) mass is 121 g/mol. The highest BCUT2D eigenvalue weighted by molar-refractivity contribution is 5.49. The van der Waals surface area contributed by atoms with E-state index in [-0.39, 0.29) is 0 Å². The molecule has 1 aromatic heterocycles. The van der Waals surface area contributed by atoms with Crippen molar-refractivity contribution >= 4 is 5.70 Å². The van der Waals surface area contributed by atoms with Gasteiger partial charge in [-0.05, 0) is 6.08 Å². The molecule has 0 fully saturated rings. The molecule has 0 aliphatic carbocycles. The maximum Gasteiger partial charge on any atom is 0.0779 e. The van der Waals surface area contributed by atoms with Crippen LogP contribution in [0.5, 0.6) is 0 Å². The van der Waals surface area contributed by atoms with Gasteiger partial charge in [-0.2, -0.15) is 15.0 Å². The molecule has 0 unspecified atom stereocenters. The van der Waals surface area contributed by atoms with Gasteiger partial charge in [0.2, 0.25) is 0 Å². The van der Waals surface area contributed by atoms with E-state index < -0.39 is 0 Å². The van der Waals surface area contributed by atoms with E-state index >= 15 is 0 Å². The minimum Gasteiger partial charge on any atom is -0.157 e. The van der Waals surface area contributed by atoms with E-state index in [1.54, 1.807) is 18.5 Å². The summed E-state index contributed by atoms with van der Waals surface area (Å²) in [6.45, 7) is 7.15. The van der Waals surface area contributed by atoms with E-state index in [2.05, 4.69) is 23.4 Å². The fraction of sp³-hybridized carbons (Fsp3) is 0. The summed E-state index contributed by atoms with van der Waals surface area (Å²) in [5, 5.41) is 7.64. The molecule has 1 aromatic rings. The summed E-state index contributed by atoms with van der Waals surface area (Å²) in [4.78, 5) is 1.41.